The summed E-state index contributed by atoms with van der Waals surface area (Å²) in [7, 11) is 0. The molecular formula is C13H23NO5. The third kappa shape index (κ3) is 5.38. The first-order chi connectivity index (χ1) is 8.18. The highest BCUT2D eigenvalue weighted by Crippen LogP contribution is 2.18. The molecule has 6 heteroatoms. The maximum absolute atomic E-state index is 11.8. The Morgan fingerprint density at radius 2 is 1.21 bits per heavy atom. The van der Waals surface area contributed by atoms with Gasteiger partial charge in [-0.2, -0.15) is 0 Å². The number of ether oxygens (including phenoxy) is 2. The molecule has 0 radical (unpaired) electrons. The zero-order chi connectivity index (χ0) is 15.6. The van der Waals surface area contributed by atoms with Crippen molar-refractivity contribution in [2.75, 3.05) is 0 Å². The fourth-order valence-corrected chi connectivity index (χ4v) is 0.811. The summed E-state index contributed by atoms with van der Waals surface area (Å²) in [6.45, 7) is 10.9. The van der Waals surface area contributed by atoms with Crippen molar-refractivity contribution in [3.63, 3.8) is 0 Å². The lowest BCUT2D eigenvalue weighted by molar-refractivity contribution is -0.176. The lowest BCUT2D eigenvalue weighted by Gasteiger charge is -2.27. The van der Waals surface area contributed by atoms with Crippen molar-refractivity contribution < 1.29 is 23.9 Å². The van der Waals surface area contributed by atoms with Crippen molar-refractivity contribution in [3.05, 3.63) is 0 Å². The average molecular weight is 273 g/mol. The van der Waals surface area contributed by atoms with Gasteiger partial charge in [-0.15, -0.1) is 0 Å². The minimum Gasteiger partial charge on any atom is -0.458 e. The van der Waals surface area contributed by atoms with E-state index in [4.69, 9.17) is 10.5 Å². The summed E-state index contributed by atoms with van der Waals surface area (Å²) >= 11 is 0. The molecule has 0 spiro atoms. The summed E-state index contributed by atoms with van der Waals surface area (Å²) in [5.74, 6) is -2.81. The van der Waals surface area contributed by atoms with E-state index in [0.717, 1.165) is 6.92 Å². The number of nitrogens with two attached hydrogens (primary N) is 1. The number of hydrogen-bond acceptors (Lipinski definition) is 6. The summed E-state index contributed by atoms with van der Waals surface area (Å²) in [5.41, 5.74) is 1.93. The first-order valence-corrected chi connectivity index (χ1v) is 5.97. The minimum atomic E-state index is -2.02. The molecular weight excluding hydrogens is 250 g/mol. The molecule has 0 amide bonds. The molecule has 0 aromatic heterocycles. The van der Waals surface area contributed by atoms with Gasteiger partial charge in [-0.05, 0) is 48.5 Å². The molecule has 19 heavy (non-hydrogen) atoms. The van der Waals surface area contributed by atoms with E-state index in [1.165, 1.54) is 0 Å². The lowest BCUT2D eigenvalue weighted by Crippen LogP contribution is -2.56. The molecule has 1 unspecified atom stereocenters. The van der Waals surface area contributed by atoms with Crippen LogP contribution in [0.15, 0.2) is 0 Å². The molecule has 0 fully saturated rings. The van der Waals surface area contributed by atoms with Crippen LogP contribution in [0.2, 0.25) is 0 Å². The third-order valence-corrected chi connectivity index (χ3v) is 2.04. The first-order valence-electron chi connectivity index (χ1n) is 5.97. The SMILES string of the molecule is CC(C)(C)OC(=O)C(C)(N)C(=O)OC(=O)C(C)(C)C. The van der Waals surface area contributed by atoms with Crippen LogP contribution in [0.1, 0.15) is 48.5 Å². The number of carbonyl (C=O) groups is 3. The molecule has 110 valence electrons. The Morgan fingerprint density at radius 1 is 0.789 bits per heavy atom. The van der Waals surface area contributed by atoms with Crippen LogP contribution in [-0.2, 0) is 23.9 Å². The van der Waals surface area contributed by atoms with Gasteiger partial charge >= 0.3 is 17.9 Å². The van der Waals surface area contributed by atoms with Crippen molar-refractivity contribution in [1.82, 2.24) is 0 Å². The Morgan fingerprint density at radius 3 is 1.53 bits per heavy atom. The highest BCUT2D eigenvalue weighted by molar-refractivity contribution is 6.07. The lowest BCUT2D eigenvalue weighted by atomic mass is 9.97. The maximum Gasteiger partial charge on any atom is 0.345 e. The van der Waals surface area contributed by atoms with E-state index in [1.54, 1.807) is 41.5 Å². The number of carbonyl (C=O) groups excluding carboxylic acids is 3. The fourth-order valence-electron chi connectivity index (χ4n) is 0.811. The van der Waals surface area contributed by atoms with Crippen LogP contribution >= 0.6 is 0 Å². The highest BCUT2D eigenvalue weighted by Gasteiger charge is 2.44. The largest absolute Gasteiger partial charge is 0.458 e. The normalized spacial score (nSPS) is 15.4. The molecule has 0 bridgehead atoms. The monoisotopic (exact) mass is 273 g/mol. The van der Waals surface area contributed by atoms with Gasteiger partial charge in [0.15, 0.2) is 0 Å². The third-order valence-electron chi connectivity index (χ3n) is 2.04. The quantitative estimate of drug-likeness (QED) is 0.599. The zero-order valence-corrected chi connectivity index (χ0v) is 12.6. The van der Waals surface area contributed by atoms with E-state index in [1.807, 2.05) is 0 Å². The predicted molar refractivity (Wildman–Crippen MR) is 69.0 cm³/mol. The van der Waals surface area contributed by atoms with Gasteiger partial charge in [-0.25, -0.2) is 9.59 Å². The summed E-state index contributed by atoms with van der Waals surface area (Å²) in [4.78, 5) is 35.2. The Kier molecular flexibility index (Phi) is 4.89. The molecule has 0 aliphatic heterocycles. The minimum absolute atomic E-state index is 0.752. The van der Waals surface area contributed by atoms with E-state index < -0.39 is 34.5 Å². The van der Waals surface area contributed by atoms with E-state index in [0.29, 0.717) is 0 Å². The van der Waals surface area contributed by atoms with Gasteiger partial charge in [0, 0.05) is 0 Å². The Balaban J connectivity index is 4.88. The maximum atomic E-state index is 11.8. The van der Waals surface area contributed by atoms with Crippen molar-refractivity contribution in [3.8, 4) is 0 Å². The van der Waals surface area contributed by atoms with Gasteiger partial charge in [-0.1, -0.05) is 0 Å². The van der Waals surface area contributed by atoms with Crippen LogP contribution in [0.25, 0.3) is 0 Å². The Bertz CT molecular complexity index is 385. The molecule has 0 aliphatic rings. The smallest absolute Gasteiger partial charge is 0.345 e. The van der Waals surface area contributed by atoms with Gasteiger partial charge < -0.3 is 15.2 Å². The molecule has 0 aromatic carbocycles. The van der Waals surface area contributed by atoms with Gasteiger partial charge in [-0.3, -0.25) is 4.79 Å². The number of esters is 3. The summed E-state index contributed by atoms with van der Waals surface area (Å²) in [6, 6.07) is 0. The van der Waals surface area contributed by atoms with E-state index in [9.17, 15) is 14.4 Å². The van der Waals surface area contributed by atoms with E-state index in [2.05, 4.69) is 4.74 Å². The van der Waals surface area contributed by atoms with Crippen molar-refractivity contribution >= 4 is 17.9 Å². The van der Waals surface area contributed by atoms with Crippen LogP contribution in [0.4, 0.5) is 0 Å². The Labute approximate surface area is 113 Å². The van der Waals surface area contributed by atoms with Crippen LogP contribution in [-0.4, -0.2) is 29.0 Å². The van der Waals surface area contributed by atoms with Crippen LogP contribution in [0, 0.1) is 5.41 Å². The fraction of sp³-hybridized carbons (Fsp3) is 0.769. The second-order valence-corrected chi connectivity index (χ2v) is 6.63. The number of rotatable bonds is 2. The van der Waals surface area contributed by atoms with Gasteiger partial charge in [0.2, 0.25) is 5.54 Å². The predicted octanol–water partition coefficient (Wildman–Crippen LogP) is 1.16. The molecule has 1 atom stereocenters. The first kappa shape index (κ1) is 17.6. The molecule has 6 nitrogen and oxygen atoms in total. The zero-order valence-electron chi connectivity index (χ0n) is 12.6. The van der Waals surface area contributed by atoms with Crippen LogP contribution in [0.3, 0.4) is 0 Å². The molecule has 0 aromatic rings. The van der Waals surface area contributed by atoms with Crippen molar-refractivity contribution in [1.29, 1.82) is 0 Å². The van der Waals surface area contributed by atoms with Gasteiger partial charge in [0.1, 0.15) is 5.60 Å². The van der Waals surface area contributed by atoms with E-state index >= 15 is 0 Å². The highest BCUT2D eigenvalue weighted by atomic mass is 16.6. The second kappa shape index (κ2) is 5.28. The molecule has 2 N–H and O–H groups in total. The summed E-state index contributed by atoms with van der Waals surface area (Å²) < 4.78 is 9.63. The summed E-state index contributed by atoms with van der Waals surface area (Å²) in [6.07, 6.45) is 0. The van der Waals surface area contributed by atoms with Crippen LogP contribution < -0.4 is 5.73 Å². The van der Waals surface area contributed by atoms with Crippen molar-refractivity contribution in [2.24, 2.45) is 11.1 Å². The van der Waals surface area contributed by atoms with Crippen LogP contribution in [0.5, 0.6) is 0 Å². The van der Waals surface area contributed by atoms with E-state index in [-0.39, 0.29) is 0 Å². The topological polar surface area (TPSA) is 95.7 Å². The van der Waals surface area contributed by atoms with Crippen molar-refractivity contribution in [2.45, 2.75) is 59.6 Å². The second-order valence-electron chi connectivity index (χ2n) is 6.63. The standard InChI is InChI=1S/C13H23NO5/c1-11(2,3)8(15)18-9(16)13(7,14)10(17)19-12(4,5)6/h14H2,1-7H3. The van der Waals surface area contributed by atoms with Gasteiger partial charge in [0.25, 0.3) is 0 Å². The molecule has 0 heterocycles. The molecule has 0 rings (SSSR count). The molecule has 0 saturated carbocycles. The number of hydrogen-bond donors (Lipinski definition) is 1. The van der Waals surface area contributed by atoms with Gasteiger partial charge in [0.05, 0.1) is 5.41 Å². The Hall–Kier alpha value is -1.43. The average Bonchev–Trinajstić information content (AvgIpc) is 2.12. The summed E-state index contributed by atoms with van der Waals surface area (Å²) in [5, 5.41) is 0. The molecule has 0 saturated heterocycles. The molecule has 0 aliphatic carbocycles.